The molecular formula is C18H20N2O5. The molecule has 3 amide bonds. The van der Waals surface area contributed by atoms with Gasteiger partial charge in [-0.15, -0.1) is 0 Å². The van der Waals surface area contributed by atoms with Crippen LogP contribution >= 0.6 is 0 Å². The fraction of sp³-hybridized carbons (Fsp3) is 0.389. The molecule has 1 aromatic rings. The molecule has 1 aromatic carbocycles. The number of hydrogen-bond donors (Lipinski definition) is 1. The summed E-state index contributed by atoms with van der Waals surface area (Å²) in [6.45, 7) is 5.13. The van der Waals surface area contributed by atoms with Crippen LogP contribution in [0.1, 0.15) is 47.9 Å². The fourth-order valence-corrected chi connectivity index (χ4v) is 3.08. The number of carbonyl (C=O) groups excluding carboxylic acids is 2. The summed E-state index contributed by atoms with van der Waals surface area (Å²) in [7, 11) is 0. The molecule has 7 nitrogen and oxygen atoms in total. The van der Waals surface area contributed by atoms with Crippen molar-refractivity contribution in [1.82, 2.24) is 9.96 Å². The van der Waals surface area contributed by atoms with Gasteiger partial charge in [-0.25, -0.2) is 4.79 Å². The predicted molar refractivity (Wildman–Crippen MR) is 89.0 cm³/mol. The normalized spacial score (nSPS) is 22.4. The molecule has 132 valence electrons. The maximum Gasteiger partial charge on any atom is 0.431 e. The summed E-state index contributed by atoms with van der Waals surface area (Å²) in [5.41, 5.74) is -0.0593. The van der Waals surface area contributed by atoms with E-state index in [1.54, 1.807) is 57.2 Å². The molecular weight excluding hydrogens is 324 g/mol. The highest BCUT2D eigenvalue weighted by Crippen LogP contribution is 2.31. The lowest BCUT2D eigenvalue weighted by molar-refractivity contribution is -0.216. The number of benzene rings is 1. The Morgan fingerprint density at radius 1 is 1.20 bits per heavy atom. The van der Waals surface area contributed by atoms with Crippen LogP contribution in [0.2, 0.25) is 0 Å². The second-order valence-electron chi connectivity index (χ2n) is 7.07. The van der Waals surface area contributed by atoms with Crippen molar-refractivity contribution >= 4 is 17.9 Å². The molecule has 25 heavy (non-hydrogen) atoms. The van der Waals surface area contributed by atoms with Gasteiger partial charge >= 0.3 is 6.09 Å². The lowest BCUT2D eigenvalue weighted by atomic mass is 10.1. The number of nitrogens with zero attached hydrogens (tertiary/aromatic N) is 2. The monoisotopic (exact) mass is 344 g/mol. The topological polar surface area (TPSA) is 87.2 Å². The second kappa shape index (κ2) is 6.00. The molecule has 7 heteroatoms. The number of hydrogen-bond acceptors (Lipinski definition) is 4. The second-order valence-corrected chi connectivity index (χ2v) is 7.07. The van der Waals surface area contributed by atoms with Crippen LogP contribution in [0.3, 0.4) is 0 Å². The van der Waals surface area contributed by atoms with Crippen LogP contribution < -0.4 is 0 Å². The maximum atomic E-state index is 12.6. The van der Waals surface area contributed by atoms with Gasteiger partial charge in [-0.1, -0.05) is 24.3 Å². The quantitative estimate of drug-likeness (QED) is 0.517. The summed E-state index contributed by atoms with van der Waals surface area (Å²) in [6, 6.07) is 6.00. The van der Waals surface area contributed by atoms with Crippen molar-refractivity contribution in [3.05, 3.63) is 47.5 Å². The van der Waals surface area contributed by atoms with Gasteiger partial charge < -0.3 is 5.11 Å². The number of carbonyl (C=O) groups is 3. The molecule has 3 rings (SSSR count). The van der Waals surface area contributed by atoms with E-state index in [1.807, 2.05) is 0 Å². The number of carboxylic acid groups (broad SMARTS) is 1. The molecule has 0 saturated carbocycles. The Morgan fingerprint density at radius 3 is 2.24 bits per heavy atom. The van der Waals surface area contributed by atoms with Crippen molar-refractivity contribution in [2.24, 2.45) is 0 Å². The van der Waals surface area contributed by atoms with Crippen molar-refractivity contribution < 1.29 is 24.3 Å². The lowest BCUT2D eigenvalue weighted by Crippen LogP contribution is -2.52. The third kappa shape index (κ3) is 2.91. The lowest BCUT2D eigenvalue weighted by Gasteiger charge is -2.36. The van der Waals surface area contributed by atoms with Crippen molar-refractivity contribution in [2.75, 3.05) is 0 Å². The highest BCUT2D eigenvalue weighted by atomic mass is 16.7. The summed E-state index contributed by atoms with van der Waals surface area (Å²) < 4.78 is 0. The van der Waals surface area contributed by atoms with E-state index in [0.717, 1.165) is 9.96 Å². The van der Waals surface area contributed by atoms with E-state index in [1.165, 1.54) is 0 Å². The van der Waals surface area contributed by atoms with E-state index in [-0.39, 0.29) is 11.8 Å². The largest absolute Gasteiger partial charge is 0.463 e. The Labute approximate surface area is 145 Å². The Hall–Kier alpha value is -2.67. The summed E-state index contributed by atoms with van der Waals surface area (Å²) >= 11 is 0. The summed E-state index contributed by atoms with van der Waals surface area (Å²) in [6.07, 6.45) is 2.06. The average Bonchev–Trinajstić information content (AvgIpc) is 3.07. The molecule has 0 aromatic heterocycles. The molecule has 1 aliphatic heterocycles. The van der Waals surface area contributed by atoms with E-state index in [0.29, 0.717) is 17.5 Å². The van der Waals surface area contributed by atoms with Crippen molar-refractivity contribution in [3.8, 4) is 0 Å². The van der Waals surface area contributed by atoms with Gasteiger partial charge in [-0.05, 0) is 39.3 Å². The molecule has 2 atom stereocenters. The van der Waals surface area contributed by atoms with E-state index in [2.05, 4.69) is 0 Å². The molecule has 0 saturated heterocycles. The van der Waals surface area contributed by atoms with E-state index >= 15 is 0 Å². The van der Waals surface area contributed by atoms with Crippen LogP contribution in [0.25, 0.3) is 0 Å². The zero-order valence-electron chi connectivity index (χ0n) is 14.3. The van der Waals surface area contributed by atoms with Gasteiger partial charge in [0, 0.05) is 0 Å². The van der Waals surface area contributed by atoms with E-state index in [4.69, 9.17) is 4.84 Å². The van der Waals surface area contributed by atoms with Crippen molar-refractivity contribution in [1.29, 1.82) is 0 Å². The Balaban J connectivity index is 1.86. The number of hydroxylamine groups is 2. The first-order chi connectivity index (χ1) is 11.7. The number of rotatable bonds is 3. The SMILES string of the molecule is CC(C)(C)N(OC1CC=CC1N1C(=O)c2ccccc2C1=O)C(=O)O. The van der Waals surface area contributed by atoms with Gasteiger partial charge in [0.2, 0.25) is 0 Å². The number of imide groups is 1. The molecule has 1 N–H and O–H groups in total. The fourth-order valence-electron chi connectivity index (χ4n) is 3.08. The van der Waals surface area contributed by atoms with Gasteiger partial charge in [0.15, 0.2) is 0 Å². The standard InChI is InChI=1S/C18H20N2O5/c1-18(2,3)20(17(23)24)25-14-10-6-9-13(14)19-15(21)11-7-4-5-8-12(11)16(19)22/h4-9,13-14H,10H2,1-3H3,(H,23,24). The Bertz CT molecular complexity index is 730. The highest BCUT2D eigenvalue weighted by molar-refractivity contribution is 6.21. The van der Waals surface area contributed by atoms with Gasteiger partial charge in [-0.3, -0.25) is 19.3 Å². The van der Waals surface area contributed by atoms with Crippen molar-refractivity contribution in [3.63, 3.8) is 0 Å². The Morgan fingerprint density at radius 2 is 1.76 bits per heavy atom. The molecule has 0 spiro atoms. The highest BCUT2D eigenvalue weighted by Gasteiger charge is 2.45. The zero-order valence-corrected chi connectivity index (χ0v) is 14.3. The minimum atomic E-state index is -1.22. The maximum absolute atomic E-state index is 12.6. The van der Waals surface area contributed by atoms with Crippen LogP contribution in [-0.4, -0.2) is 50.7 Å². The average molecular weight is 344 g/mol. The third-order valence-electron chi connectivity index (χ3n) is 4.23. The molecule has 1 aliphatic carbocycles. The van der Waals surface area contributed by atoms with Gasteiger partial charge in [0.1, 0.15) is 6.10 Å². The third-order valence-corrected chi connectivity index (χ3v) is 4.23. The minimum Gasteiger partial charge on any atom is -0.463 e. The van der Waals surface area contributed by atoms with Gasteiger partial charge in [-0.2, -0.15) is 5.06 Å². The van der Waals surface area contributed by atoms with Crippen molar-refractivity contribution in [2.45, 2.75) is 44.9 Å². The number of amides is 3. The van der Waals surface area contributed by atoms with Crippen LogP contribution in [0.4, 0.5) is 4.79 Å². The number of fused-ring (bicyclic) bond motifs is 1. The molecule has 2 aliphatic rings. The summed E-state index contributed by atoms with van der Waals surface area (Å²) in [5, 5.41) is 10.3. The minimum absolute atomic E-state index is 0.359. The Kier molecular flexibility index (Phi) is 4.12. The van der Waals surface area contributed by atoms with E-state index in [9.17, 15) is 19.5 Å². The summed E-state index contributed by atoms with van der Waals surface area (Å²) in [5.74, 6) is -0.772. The molecule has 2 unspecified atom stereocenters. The molecule has 1 heterocycles. The first-order valence-electron chi connectivity index (χ1n) is 8.05. The van der Waals surface area contributed by atoms with E-state index < -0.39 is 23.8 Å². The van der Waals surface area contributed by atoms with Crippen LogP contribution in [0.5, 0.6) is 0 Å². The first kappa shape index (κ1) is 17.2. The summed E-state index contributed by atoms with van der Waals surface area (Å²) in [4.78, 5) is 43.6. The first-order valence-corrected chi connectivity index (χ1v) is 8.05. The van der Waals surface area contributed by atoms with Gasteiger partial charge in [0.25, 0.3) is 11.8 Å². The van der Waals surface area contributed by atoms with Crippen LogP contribution in [0.15, 0.2) is 36.4 Å². The molecule has 0 fully saturated rings. The molecule has 0 radical (unpaired) electrons. The van der Waals surface area contributed by atoms with Gasteiger partial charge in [0.05, 0.1) is 22.7 Å². The van der Waals surface area contributed by atoms with Crippen LogP contribution in [0, 0.1) is 0 Å². The smallest absolute Gasteiger partial charge is 0.431 e. The zero-order chi connectivity index (χ0) is 18.4. The predicted octanol–water partition coefficient (Wildman–Crippen LogP) is 2.69. The van der Waals surface area contributed by atoms with Crippen LogP contribution in [-0.2, 0) is 4.84 Å². The molecule has 0 bridgehead atoms.